The molecule has 0 bridgehead atoms. The van der Waals surface area contributed by atoms with Gasteiger partial charge >= 0.3 is 6.16 Å². The molecule has 0 saturated carbocycles. The van der Waals surface area contributed by atoms with Gasteiger partial charge in [-0.1, -0.05) is 11.8 Å². The van der Waals surface area contributed by atoms with Gasteiger partial charge in [0.1, 0.15) is 5.37 Å². The number of hydrogen-bond donors (Lipinski definition) is 2. The number of β-lactam (4-membered cyclic amide) rings is 1. The summed E-state index contributed by atoms with van der Waals surface area (Å²) in [5.41, 5.74) is 0. The van der Waals surface area contributed by atoms with E-state index in [1.807, 2.05) is 0 Å². The minimum atomic E-state index is -1.46. The molecule has 3 rings (SSSR count). The molecule has 1 saturated heterocycles. The third kappa shape index (κ3) is 2.88. The van der Waals surface area contributed by atoms with Crippen LogP contribution in [0.5, 0.6) is 0 Å². The number of rotatable bonds is 6. The number of fused-ring (bicyclic) bond motifs is 1. The number of nitrogens with zero attached hydrogens (tertiary/aromatic N) is 5. The van der Waals surface area contributed by atoms with E-state index in [1.54, 1.807) is 7.05 Å². The van der Waals surface area contributed by atoms with Crippen molar-refractivity contribution in [3.8, 4) is 0 Å². The van der Waals surface area contributed by atoms with Crippen molar-refractivity contribution in [1.82, 2.24) is 25.1 Å². The van der Waals surface area contributed by atoms with Crippen LogP contribution >= 0.6 is 11.8 Å². The molecule has 11 heteroatoms. The van der Waals surface area contributed by atoms with Crippen LogP contribution in [0.1, 0.15) is 18.7 Å². The lowest BCUT2D eigenvalue weighted by Gasteiger charge is -2.40. The Kier molecular flexibility index (Phi) is 4.22. The summed E-state index contributed by atoms with van der Waals surface area (Å²) < 4.78 is 4.78. The van der Waals surface area contributed by atoms with Crippen LogP contribution in [0.3, 0.4) is 0 Å². The Bertz CT molecular complexity index is 675. The maximum absolute atomic E-state index is 11.9. The summed E-state index contributed by atoms with van der Waals surface area (Å²) in [4.78, 5) is 26.1. The fraction of sp³-hybridized carbons (Fsp3) is 0.583. The van der Waals surface area contributed by atoms with E-state index in [0.717, 1.165) is 0 Å². The van der Waals surface area contributed by atoms with Crippen molar-refractivity contribution >= 4 is 23.8 Å². The monoisotopic (exact) mass is 341 g/mol. The summed E-state index contributed by atoms with van der Waals surface area (Å²) in [6, 6.07) is 0. The first-order valence-corrected chi connectivity index (χ1v) is 7.86. The van der Waals surface area contributed by atoms with Crippen LogP contribution in [0.2, 0.25) is 0 Å². The molecule has 2 atom stereocenters. The van der Waals surface area contributed by atoms with E-state index in [2.05, 4.69) is 15.4 Å². The van der Waals surface area contributed by atoms with Crippen LogP contribution in [0, 0.1) is 5.92 Å². The number of carbonyl (C=O) groups excluding carboxylic acids is 1. The molecule has 23 heavy (non-hydrogen) atoms. The minimum Gasteiger partial charge on any atom is -0.449 e. The zero-order valence-electron chi connectivity index (χ0n) is 12.2. The van der Waals surface area contributed by atoms with Gasteiger partial charge in [-0.25, -0.2) is 4.79 Å². The molecule has 1 aromatic heterocycles. The lowest BCUT2D eigenvalue weighted by molar-refractivity contribution is -0.151. The number of aryl methyl sites for hydroxylation is 2. The van der Waals surface area contributed by atoms with Gasteiger partial charge in [-0.3, -0.25) is 9.69 Å². The normalized spacial score (nSPS) is 23.0. The number of ether oxygens (including phenoxy) is 1. The number of thioether (sulfide) groups is 1. The minimum absolute atomic E-state index is 0.0642. The van der Waals surface area contributed by atoms with Gasteiger partial charge in [0.15, 0.2) is 5.82 Å². The standard InChI is InChI=1S/C12H15N5O5S/c1-16-14-8(13-15-16)4-2-3-7-10(22-12(20)21)17-9(19)6(5-18)11(17)23-7/h6,11,18H,2-5H2,1H3,(H,20,21)/t6-,11-/m0/s1. The lowest BCUT2D eigenvalue weighted by atomic mass is 10.00. The molecule has 1 aromatic rings. The third-order valence-electron chi connectivity index (χ3n) is 3.61. The molecule has 2 aliphatic rings. The van der Waals surface area contributed by atoms with Crippen LogP contribution in [-0.4, -0.2) is 59.4 Å². The smallest absolute Gasteiger partial charge is 0.449 e. The topological polar surface area (TPSA) is 131 Å². The molecule has 124 valence electrons. The zero-order chi connectivity index (χ0) is 16.6. The number of aromatic nitrogens is 4. The second-order valence-corrected chi connectivity index (χ2v) is 6.36. The van der Waals surface area contributed by atoms with E-state index in [-0.39, 0.29) is 23.8 Å². The highest BCUT2D eigenvalue weighted by Crippen LogP contribution is 2.50. The van der Waals surface area contributed by atoms with Gasteiger partial charge < -0.3 is 14.9 Å². The number of tetrazole rings is 1. The van der Waals surface area contributed by atoms with Crippen molar-refractivity contribution in [3.63, 3.8) is 0 Å². The average molecular weight is 341 g/mol. The van der Waals surface area contributed by atoms with E-state index in [4.69, 9.17) is 9.84 Å². The van der Waals surface area contributed by atoms with E-state index < -0.39 is 12.1 Å². The summed E-state index contributed by atoms with van der Waals surface area (Å²) in [7, 11) is 1.68. The Labute approximate surface area is 135 Å². The Balaban J connectivity index is 1.67. The number of aliphatic hydroxyl groups excluding tert-OH is 1. The SMILES string of the molecule is Cn1nnc(CCCC2=C(OC(=O)O)N3C(=O)[C@H](CO)[C@@H]3S2)n1. The molecule has 0 aromatic carbocycles. The molecule has 0 spiro atoms. The molecule has 10 nitrogen and oxygen atoms in total. The Morgan fingerprint density at radius 2 is 2.22 bits per heavy atom. The molecule has 1 amide bonds. The first-order valence-electron chi connectivity index (χ1n) is 6.98. The number of amides is 1. The van der Waals surface area contributed by atoms with Gasteiger partial charge in [-0.2, -0.15) is 4.80 Å². The molecule has 1 fully saturated rings. The number of aliphatic hydroxyl groups is 1. The van der Waals surface area contributed by atoms with Gasteiger partial charge in [0, 0.05) is 11.3 Å². The number of allylic oxidation sites excluding steroid dienone is 1. The molecule has 2 aliphatic heterocycles. The molecular formula is C12H15N5O5S. The quantitative estimate of drug-likeness (QED) is 0.538. The summed E-state index contributed by atoms with van der Waals surface area (Å²) in [5.74, 6) is -0.155. The molecule has 0 radical (unpaired) electrons. The maximum atomic E-state index is 11.9. The predicted octanol–water partition coefficient (Wildman–Crippen LogP) is -0.0799. The van der Waals surface area contributed by atoms with Crippen LogP contribution in [0.25, 0.3) is 0 Å². The highest BCUT2D eigenvalue weighted by Gasteiger charge is 2.55. The zero-order valence-corrected chi connectivity index (χ0v) is 13.1. The fourth-order valence-electron chi connectivity index (χ4n) is 2.56. The van der Waals surface area contributed by atoms with E-state index in [9.17, 15) is 14.7 Å². The molecule has 0 unspecified atom stereocenters. The highest BCUT2D eigenvalue weighted by molar-refractivity contribution is 8.04. The van der Waals surface area contributed by atoms with Gasteiger partial charge in [0.25, 0.3) is 0 Å². The highest BCUT2D eigenvalue weighted by atomic mass is 32.2. The largest absolute Gasteiger partial charge is 0.512 e. The first-order chi connectivity index (χ1) is 11.0. The Hall–Kier alpha value is -2.14. The average Bonchev–Trinajstić information content (AvgIpc) is 3.02. The predicted molar refractivity (Wildman–Crippen MR) is 76.7 cm³/mol. The van der Waals surface area contributed by atoms with Crippen LogP contribution in [0.15, 0.2) is 10.8 Å². The van der Waals surface area contributed by atoms with E-state index >= 15 is 0 Å². The second kappa shape index (κ2) is 6.16. The van der Waals surface area contributed by atoms with Crippen LogP contribution in [-0.2, 0) is 23.0 Å². The number of carboxylic acid groups (broad SMARTS) is 1. The summed E-state index contributed by atoms with van der Waals surface area (Å²) in [6.45, 7) is -0.260. The summed E-state index contributed by atoms with van der Waals surface area (Å²) in [6.07, 6.45) is 0.318. The van der Waals surface area contributed by atoms with Gasteiger partial charge in [0.2, 0.25) is 11.8 Å². The van der Waals surface area contributed by atoms with E-state index in [0.29, 0.717) is 30.0 Å². The summed E-state index contributed by atoms with van der Waals surface area (Å²) in [5, 5.41) is 29.5. The Morgan fingerprint density at radius 1 is 1.43 bits per heavy atom. The number of carbonyl (C=O) groups is 2. The molecular weight excluding hydrogens is 326 g/mol. The second-order valence-electron chi connectivity index (χ2n) is 5.15. The van der Waals surface area contributed by atoms with Crippen molar-refractivity contribution < 1.29 is 24.5 Å². The van der Waals surface area contributed by atoms with Crippen molar-refractivity contribution in [2.75, 3.05) is 6.61 Å². The van der Waals surface area contributed by atoms with Crippen molar-refractivity contribution in [2.24, 2.45) is 13.0 Å². The van der Waals surface area contributed by atoms with Gasteiger partial charge in [0.05, 0.1) is 19.6 Å². The van der Waals surface area contributed by atoms with Crippen LogP contribution in [0.4, 0.5) is 4.79 Å². The summed E-state index contributed by atoms with van der Waals surface area (Å²) >= 11 is 1.36. The molecule has 2 N–H and O–H groups in total. The molecule has 3 heterocycles. The third-order valence-corrected chi connectivity index (χ3v) is 5.05. The fourth-order valence-corrected chi connectivity index (χ4v) is 4.02. The van der Waals surface area contributed by atoms with Gasteiger partial charge in [-0.05, 0) is 18.1 Å². The van der Waals surface area contributed by atoms with E-state index in [1.165, 1.54) is 21.5 Å². The van der Waals surface area contributed by atoms with Gasteiger partial charge in [-0.15, -0.1) is 10.2 Å². The lowest BCUT2D eigenvalue weighted by Crippen LogP contribution is -2.58. The maximum Gasteiger partial charge on any atom is 0.512 e. The number of hydrogen-bond acceptors (Lipinski definition) is 8. The molecule has 0 aliphatic carbocycles. The Morgan fingerprint density at radius 3 is 2.83 bits per heavy atom. The van der Waals surface area contributed by atoms with Crippen molar-refractivity contribution in [3.05, 3.63) is 16.6 Å². The van der Waals surface area contributed by atoms with Crippen molar-refractivity contribution in [2.45, 2.75) is 24.6 Å². The van der Waals surface area contributed by atoms with Crippen molar-refractivity contribution in [1.29, 1.82) is 0 Å². The van der Waals surface area contributed by atoms with Crippen LogP contribution < -0.4 is 0 Å². The first kappa shape index (κ1) is 15.7.